The van der Waals surface area contributed by atoms with Crippen molar-refractivity contribution in [2.45, 2.75) is 20.3 Å². The van der Waals surface area contributed by atoms with Crippen molar-refractivity contribution in [1.82, 2.24) is 0 Å². The number of hydrogen-bond acceptors (Lipinski definition) is 1. The maximum absolute atomic E-state index is 4.87. The van der Waals surface area contributed by atoms with Crippen LogP contribution in [-0.4, -0.2) is 6.61 Å². The molecule has 0 saturated carbocycles. The average molecular weight is 125 g/mol. The van der Waals surface area contributed by atoms with E-state index in [2.05, 4.69) is 32.8 Å². The Kier molecular flexibility index (Phi) is 5.11. The fourth-order valence-electron chi connectivity index (χ4n) is 0.397. The molecule has 0 N–H and O–H groups in total. The van der Waals surface area contributed by atoms with Crippen molar-refractivity contribution >= 4 is 0 Å². The molecule has 0 aliphatic rings. The smallest absolute Gasteiger partial charge is 0.110 e. The monoisotopic (exact) mass is 125 g/mol. The highest BCUT2D eigenvalue weighted by Gasteiger charge is 1.90. The Labute approximate surface area is 57.4 Å². The first-order chi connectivity index (χ1) is 4.27. The third-order valence-electron chi connectivity index (χ3n) is 0.942. The van der Waals surface area contributed by atoms with Gasteiger partial charge >= 0.3 is 0 Å². The van der Waals surface area contributed by atoms with E-state index < -0.39 is 0 Å². The quantitative estimate of drug-likeness (QED) is 0.413. The summed E-state index contributed by atoms with van der Waals surface area (Å²) in [5.74, 6) is 3.11. The Morgan fingerprint density at radius 2 is 2.22 bits per heavy atom. The van der Waals surface area contributed by atoms with Crippen LogP contribution < -0.4 is 0 Å². The zero-order valence-electron chi connectivity index (χ0n) is 6.11. The normalized spacial score (nSPS) is 8.44. The van der Waals surface area contributed by atoms with Crippen LogP contribution in [0.4, 0.5) is 0 Å². The average Bonchev–Trinajstić information content (AvgIpc) is 1.80. The van der Waals surface area contributed by atoms with Crippen LogP contribution in [0.15, 0.2) is 0 Å². The largest absolute Gasteiger partial charge is 0.447 e. The van der Waals surface area contributed by atoms with Gasteiger partial charge in [0.05, 0.1) is 0 Å². The van der Waals surface area contributed by atoms with Gasteiger partial charge in [0.1, 0.15) is 12.7 Å². The van der Waals surface area contributed by atoms with Gasteiger partial charge in [0, 0.05) is 6.92 Å². The molecule has 0 atom stereocenters. The molecule has 0 rings (SSSR count). The molecule has 0 aliphatic heterocycles. The lowest BCUT2D eigenvalue weighted by molar-refractivity contribution is 0.254. The van der Waals surface area contributed by atoms with Crippen LogP contribution in [0, 0.1) is 24.9 Å². The Morgan fingerprint density at radius 1 is 1.56 bits per heavy atom. The Hall–Kier alpha value is -0.640. The van der Waals surface area contributed by atoms with E-state index in [1.807, 2.05) is 0 Å². The fourth-order valence-corrected chi connectivity index (χ4v) is 0.397. The van der Waals surface area contributed by atoms with Crippen molar-refractivity contribution in [3.63, 3.8) is 0 Å². The molecule has 0 heterocycles. The van der Waals surface area contributed by atoms with Crippen molar-refractivity contribution in [3.05, 3.63) is 6.92 Å². The SMILES string of the molecule is [CH2]C#COCCC(C)C. The van der Waals surface area contributed by atoms with Crippen LogP contribution in [0.1, 0.15) is 20.3 Å². The molecule has 0 unspecified atom stereocenters. The van der Waals surface area contributed by atoms with Crippen molar-refractivity contribution < 1.29 is 4.74 Å². The predicted octanol–water partition coefficient (Wildman–Crippen LogP) is 1.84. The second-order valence-electron chi connectivity index (χ2n) is 2.31. The molecule has 0 saturated heterocycles. The van der Waals surface area contributed by atoms with Crippen LogP contribution in [0.5, 0.6) is 0 Å². The highest BCUT2D eigenvalue weighted by molar-refractivity contribution is 4.93. The lowest BCUT2D eigenvalue weighted by atomic mass is 10.1. The summed E-state index contributed by atoms with van der Waals surface area (Å²) in [6, 6.07) is 0. The van der Waals surface area contributed by atoms with Gasteiger partial charge in [-0.25, -0.2) is 0 Å². The van der Waals surface area contributed by atoms with E-state index in [4.69, 9.17) is 4.74 Å². The van der Waals surface area contributed by atoms with E-state index in [1.165, 1.54) is 0 Å². The maximum atomic E-state index is 4.87. The van der Waals surface area contributed by atoms with Crippen molar-refractivity contribution in [3.8, 4) is 12.0 Å². The van der Waals surface area contributed by atoms with Gasteiger partial charge < -0.3 is 4.74 Å². The molecule has 9 heavy (non-hydrogen) atoms. The van der Waals surface area contributed by atoms with E-state index >= 15 is 0 Å². The van der Waals surface area contributed by atoms with E-state index in [1.54, 1.807) is 0 Å². The summed E-state index contributed by atoms with van der Waals surface area (Å²) in [5.41, 5.74) is 0. The summed E-state index contributed by atoms with van der Waals surface area (Å²) < 4.78 is 4.87. The van der Waals surface area contributed by atoms with Gasteiger partial charge in [-0.2, -0.15) is 0 Å². The second kappa shape index (κ2) is 5.50. The summed E-state index contributed by atoms with van der Waals surface area (Å²) in [5, 5.41) is 0. The Morgan fingerprint density at radius 3 is 2.67 bits per heavy atom. The maximum Gasteiger partial charge on any atom is 0.110 e. The first-order valence-electron chi connectivity index (χ1n) is 3.16. The molecular formula is C8H13O. The minimum absolute atomic E-state index is 0.691. The highest BCUT2D eigenvalue weighted by atomic mass is 16.5. The molecule has 0 fully saturated rings. The van der Waals surface area contributed by atoms with Crippen molar-refractivity contribution in [2.24, 2.45) is 5.92 Å². The molecule has 0 spiro atoms. The minimum atomic E-state index is 0.691. The van der Waals surface area contributed by atoms with Gasteiger partial charge in [-0.3, -0.25) is 0 Å². The number of ether oxygens (including phenoxy) is 1. The van der Waals surface area contributed by atoms with Crippen LogP contribution in [-0.2, 0) is 4.74 Å². The standard InChI is InChI=1S/C8H13O/c1-4-6-9-7-5-8(2)3/h8H,1,5,7H2,2-3H3. The highest BCUT2D eigenvalue weighted by Crippen LogP contribution is 1.97. The predicted molar refractivity (Wildman–Crippen MR) is 38.5 cm³/mol. The Bertz CT molecular complexity index is 105. The van der Waals surface area contributed by atoms with E-state index in [0.29, 0.717) is 5.92 Å². The third-order valence-corrected chi connectivity index (χ3v) is 0.942. The van der Waals surface area contributed by atoms with E-state index in [-0.39, 0.29) is 0 Å². The molecule has 0 aromatic carbocycles. The first kappa shape index (κ1) is 8.36. The summed E-state index contributed by atoms with van der Waals surface area (Å²) in [7, 11) is 0. The molecular weight excluding hydrogens is 112 g/mol. The lowest BCUT2D eigenvalue weighted by Gasteiger charge is -2.00. The molecule has 1 nitrogen and oxygen atoms in total. The van der Waals surface area contributed by atoms with Crippen molar-refractivity contribution in [1.29, 1.82) is 0 Å². The van der Waals surface area contributed by atoms with Gasteiger partial charge in [-0.15, -0.1) is 0 Å². The number of rotatable bonds is 3. The second-order valence-corrected chi connectivity index (χ2v) is 2.31. The van der Waals surface area contributed by atoms with Crippen LogP contribution in [0.25, 0.3) is 0 Å². The third kappa shape index (κ3) is 7.36. The molecule has 0 aromatic rings. The summed E-state index contributed by atoms with van der Waals surface area (Å²) in [6.45, 7) is 8.35. The summed E-state index contributed by atoms with van der Waals surface area (Å²) >= 11 is 0. The molecule has 1 radical (unpaired) electrons. The zero-order valence-corrected chi connectivity index (χ0v) is 6.11. The zero-order chi connectivity index (χ0) is 7.11. The van der Waals surface area contributed by atoms with Gasteiger partial charge in [0.2, 0.25) is 0 Å². The van der Waals surface area contributed by atoms with E-state index in [0.717, 1.165) is 13.0 Å². The lowest BCUT2D eigenvalue weighted by Crippen LogP contribution is -1.93. The van der Waals surface area contributed by atoms with Gasteiger partial charge in [0.25, 0.3) is 0 Å². The summed E-state index contributed by atoms with van der Waals surface area (Å²) in [4.78, 5) is 0. The van der Waals surface area contributed by atoms with Crippen molar-refractivity contribution in [2.75, 3.05) is 6.61 Å². The molecule has 0 bridgehead atoms. The Balaban J connectivity index is 2.98. The fraction of sp³-hybridized carbons (Fsp3) is 0.625. The van der Waals surface area contributed by atoms with Crippen LogP contribution in [0.2, 0.25) is 0 Å². The molecule has 0 aliphatic carbocycles. The molecule has 0 amide bonds. The first-order valence-corrected chi connectivity index (χ1v) is 3.16. The van der Waals surface area contributed by atoms with E-state index in [9.17, 15) is 0 Å². The van der Waals surface area contributed by atoms with Gasteiger partial charge in [-0.05, 0) is 12.3 Å². The molecule has 51 valence electrons. The van der Waals surface area contributed by atoms with Crippen LogP contribution >= 0.6 is 0 Å². The van der Waals surface area contributed by atoms with Crippen LogP contribution in [0.3, 0.4) is 0 Å². The summed E-state index contributed by atoms with van der Waals surface area (Å²) in [6.07, 6.45) is 3.51. The van der Waals surface area contributed by atoms with Gasteiger partial charge in [0.15, 0.2) is 0 Å². The molecule has 0 aromatic heterocycles. The molecule has 1 heteroatoms. The topological polar surface area (TPSA) is 9.23 Å². The van der Waals surface area contributed by atoms with Gasteiger partial charge in [-0.1, -0.05) is 19.8 Å². The minimum Gasteiger partial charge on any atom is -0.447 e. The number of hydrogen-bond donors (Lipinski definition) is 0.